The summed E-state index contributed by atoms with van der Waals surface area (Å²) in [4.78, 5) is 37.3. The minimum atomic E-state index is -4.91. The van der Waals surface area contributed by atoms with Gasteiger partial charge in [0.2, 0.25) is 5.91 Å². The van der Waals surface area contributed by atoms with Crippen molar-refractivity contribution >= 4 is 11.9 Å². The van der Waals surface area contributed by atoms with Crippen LogP contribution in [0.15, 0.2) is 29.2 Å². The highest BCUT2D eigenvalue weighted by Crippen LogP contribution is 2.32. The van der Waals surface area contributed by atoms with Gasteiger partial charge in [0, 0.05) is 26.2 Å². The molecule has 148 valence electrons. The molecule has 1 aliphatic heterocycles. The Morgan fingerprint density at radius 2 is 1.89 bits per heavy atom. The van der Waals surface area contributed by atoms with Crippen LogP contribution in [-0.4, -0.2) is 33.0 Å². The summed E-state index contributed by atoms with van der Waals surface area (Å²) in [6, 6.07) is 1.89. The van der Waals surface area contributed by atoms with Crippen LogP contribution >= 0.6 is 0 Å². The van der Waals surface area contributed by atoms with Crippen molar-refractivity contribution in [1.29, 1.82) is 0 Å². The molecule has 1 aliphatic rings. The van der Waals surface area contributed by atoms with Gasteiger partial charge in [0.05, 0.1) is 11.3 Å². The summed E-state index contributed by atoms with van der Waals surface area (Å²) in [7, 11) is 0. The summed E-state index contributed by atoms with van der Waals surface area (Å²) < 4.78 is 53.0. The normalized spacial score (nSPS) is 14.0. The molecule has 0 saturated heterocycles. The molecule has 0 saturated carbocycles. The number of carboxylic acids is 1. The predicted octanol–water partition coefficient (Wildman–Crippen LogP) is 2.60. The fourth-order valence-electron chi connectivity index (χ4n) is 3.22. The molecule has 6 nitrogen and oxygen atoms in total. The first-order valence-corrected chi connectivity index (χ1v) is 8.14. The molecule has 0 fully saturated rings. The number of hydrogen-bond acceptors (Lipinski definition) is 3. The van der Waals surface area contributed by atoms with Gasteiger partial charge in [0.1, 0.15) is 11.4 Å². The minimum Gasteiger partial charge on any atom is -0.477 e. The second-order valence-electron chi connectivity index (χ2n) is 6.34. The van der Waals surface area contributed by atoms with E-state index in [4.69, 9.17) is 0 Å². The van der Waals surface area contributed by atoms with E-state index < -0.39 is 34.6 Å². The number of halogens is 4. The van der Waals surface area contributed by atoms with Crippen LogP contribution in [0.1, 0.15) is 34.0 Å². The maximum absolute atomic E-state index is 13.9. The number of aromatic nitrogens is 1. The lowest BCUT2D eigenvalue weighted by Crippen LogP contribution is -2.38. The van der Waals surface area contributed by atoms with E-state index in [0.717, 1.165) is 10.6 Å². The number of rotatable bonds is 2. The summed E-state index contributed by atoms with van der Waals surface area (Å²) in [6.45, 7) is 1.61. The van der Waals surface area contributed by atoms with Gasteiger partial charge >= 0.3 is 12.1 Å². The van der Waals surface area contributed by atoms with E-state index in [2.05, 4.69) is 0 Å². The van der Waals surface area contributed by atoms with Gasteiger partial charge in [-0.05, 0) is 35.7 Å². The molecule has 0 atom stereocenters. The highest BCUT2D eigenvalue weighted by molar-refractivity contribution is 5.89. The van der Waals surface area contributed by atoms with Crippen LogP contribution in [0.2, 0.25) is 0 Å². The largest absolute Gasteiger partial charge is 0.477 e. The van der Waals surface area contributed by atoms with Crippen LogP contribution in [0.4, 0.5) is 17.6 Å². The Balaban J connectivity index is 2.20. The number of aromatic carboxylic acids is 1. The molecule has 28 heavy (non-hydrogen) atoms. The number of alkyl halides is 3. The summed E-state index contributed by atoms with van der Waals surface area (Å²) in [5, 5.41) is 9.46. The Kier molecular flexibility index (Phi) is 4.74. The topological polar surface area (TPSA) is 79.6 Å². The lowest BCUT2D eigenvalue weighted by Gasteiger charge is -2.29. The average Bonchev–Trinajstić information content (AvgIpc) is 2.59. The van der Waals surface area contributed by atoms with Crippen molar-refractivity contribution in [2.75, 3.05) is 6.54 Å². The Hall–Kier alpha value is -3.17. The number of carboxylic acid groups (broad SMARTS) is 1. The number of nitrogens with zero attached hydrogens (tertiary/aromatic N) is 2. The standard InChI is InChI=1S/C18H14F4N2O4/c1-9(25)23-5-4-12-10(7-23)8-24(16(26)15(12)17(27)28)11-2-3-13(14(19)6-11)18(20,21)22/h2-3,6,8H,4-5,7H2,1H3,(H,27,28). The molecular weight excluding hydrogens is 384 g/mol. The van der Waals surface area contributed by atoms with Crippen LogP contribution in [0.25, 0.3) is 5.69 Å². The lowest BCUT2D eigenvalue weighted by atomic mass is 9.96. The molecule has 1 aromatic heterocycles. The van der Waals surface area contributed by atoms with E-state index in [0.29, 0.717) is 17.7 Å². The van der Waals surface area contributed by atoms with Crippen molar-refractivity contribution in [2.45, 2.75) is 26.1 Å². The average molecular weight is 398 g/mol. The van der Waals surface area contributed by atoms with Gasteiger partial charge in [-0.25, -0.2) is 9.18 Å². The van der Waals surface area contributed by atoms with Crippen LogP contribution in [-0.2, 0) is 23.9 Å². The number of carbonyl (C=O) groups is 2. The predicted molar refractivity (Wildman–Crippen MR) is 88.8 cm³/mol. The van der Waals surface area contributed by atoms with Gasteiger partial charge in [0.25, 0.3) is 5.56 Å². The molecule has 1 amide bonds. The number of fused-ring (bicyclic) bond motifs is 1. The second-order valence-corrected chi connectivity index (χ2v) is 6.34. The van der Waals surface area contributed by atoms with Gasteiger partial charge in [-0.1, -0.05) is 0 Å². The van der Waals surface area contributed by atoms with Crippen molar-refractivity contribution < 1.29 is 32.3 Å². The van der Waals surface area contributed by atoms with Crippen molar-refractivity contribution in [2.24, 2.45) is 0 Å². The van der Waals surface area contributed by atoms with Crippen LogP contribution < -0.4 is 5.56 Å². The molecule has 2 aromatic rings. The Morgan fingerprint density at radius 3 is 2.43 bits per heavy atom. The smallest absolute Gasteiger partial charge is 0.419 e. The summed E-state index contributed by atoms with van der Waals surface area (Å²) in [6.07, 6.45) is -3.52. The van der Waals surface area contributed by atoms with E-state index >= 15 is 0 Å². The Morgan fingerprint density at radius 1 is 1.21 bits per heavy atom. The first-order valence-electron chi connectivity index (χ1n) is 8.14. The first-order chi connectivity index (χ1) is 13.0. The molecule has 1 N–H and O–H groups in total. The highest BCUT2D eigenvalue weighted by atomic mass is 19.4. The van der Waals surface area contributed by atoms with Crippen molar-refractivity contribution in [3.05, 3.63) is 62.8 Å². The van der Waals surface area contributed by atoms with Gasteiger partial charge in [0.15, 0.2) is 0 Å². The quantitative estimate of drug-likeness (QED) is 0.789. The summed E-state index contributed by atoms with van der Waals surface area (Å²) in [5.74, 6) is -3.34. The number of pyridine rings is 1. The molecule has 10 heteroatoms. The molecule has 0 bridgehead atoms. The third-order valence-corrected chi connectivity index (χ3v) is 4.60. The van der Waals surface area contributed by atoms with Crippen molar-refractivity contribution in [3.63, 3.8) is 0 Å². The summed E-state index contributed by atoms with van der Waals surface area (Å²) >= 11 is 0. The maximum Gasteiger partial charge on any atom is 0.419 e. The fourth-order valence-corrected chi connectivity index (χ4v) is 3.22. The Bertz CT molecular complexity index is 1040. The van der Waals surface area contributed by atoms with Gasteiger partial charge in [-0.15, -0.1) is 0 Å². The molecule has 0 spiro atoms. The minimum absolute atomic E-state index is 0.0361. The molecule has 1 aromatic carbocycles. The molecule has 0 aliphatic carbocycles. The zero-order chi connectivity index (χ0) is 20.8. The molecule has 0 radical (unpaired) electrons. The number of amides is 1. The van der Waals surface area contributed by atoms with Gasteiger partial charge in [-0.2, -0.15) is 13.2 Å². The molecular formula is C18H14F4N2O4. The van der Waals surface area contributed by atoms with E-state index in [1.165, 1.54) is 18.0 Å². The lowest BCUT2D eigenvalue weighted by molar-refractivity contribution is -0.140. The van der Waals surface area contributed by atoms with E-state index in [9.17, 15) is 37.1 Å². The van der Waals surface area contributed by atoms with Crippen molar-refractivity contribution in [3.8, 4) is 5.69 Å². The van der Waals surface area contributed by atoms with Crippen LogP contribution in [0, 0.1) is 5.82 Å². The zero-order valence-electron chi connectivity index (χ0n) is 14.5. The van der Waals surface area contributed by atoms with E-state index in [1.807, 2.05) is 0 Å². The SMILES string of the molecule is CC(=O)N1CCc2c(cn(-c3ccc(C(F)(F)F)c(F)c3)c(=O)c2C(=O)O)C1. The van der Waals surface area contributed by atoms with Crippen molar-refractivity contribution in [1.82, 2.24) is 9.47 Å². The van der Waals surface area contributed by atoms with Gasteiger partial charge < -0.3 is 10.0 Å². The fraction of sp³-hybridized carbons (Fsp3) is 0.278. The van der Waals surface area contributed by atoms with E-state index in [1.54, 1.807) is 0 Å². The third-order valence-electron chi connectivity index (χ3n) is 4.60. The van der Waals surface area contributed by atoms with Crippen LogP contribution in [0.3, 0.4) is 0 Å². The monoisotopic (exact) mass is 398 g/mol. The summed E-state index contributed by atoms with van der Waals surface area (Å²) in [5.41, 5.74) is -2.65. The number of carbonyl (C=O) groups excluding carboxylic acids is 1. The number of benzene rings is 1. The van der Waals surface area contributed by atoms with Crippen LogP contribution in [0.5, 0.6) is 0 Å². The molecule has 0 unspecified atom stereocenters. The second kappa shape index (κ2) is 6.77. The zero-order valence-corrected chi connectivity index (χ0v) is 14.5. The van der Waals surface area contributed by atoms with Gasteiger partial charge in [-0.3, -0.25) is 14.2 Å². The highest BCUT2D eigenvalue weighted by Gasteiger charge is 2.34. The van der Waals surface area contributed by atoms with E-state index in [-0.39, 0.29) is 36.7 Å². The Labute approximate surface area is 155 Å². The maximum atomic E-state index is 13.9. The first kappa shape index (κ1) is 19.6. The molecule has 2 heterocycles. The third kappa shape index (κ3) is 3.37. The molecule has 3 rings (SSSR count). The number of hydrogen-bond donors (Lipinski definition) is 1.